The van der Waals surface area contributed by atoms with Gasteiger partial charge in [-0.25, -0.2) is 0 Å². The molecule has 0 saturated carbocycles. The zero-order chi connectivity index (χ0) is 16.7. The van der Waals surface area contributed by atoms with Crippen molar-refractivity contribution in [3.05, 3.63) is 51.3 Å². The standard InChI is InChI=1S/C18H23N5/c1-10-11(2)13(4)16(14(5)12(10)3)9-19-17-7-8-18-21-20-15(6)23(18)22-17/h7-8H,9H2,1-6H3,(H,19,22). The summed E-state index contributed by atoms with van der Waals surface area (Å²) in [6.45, 7) is 13.7. The lowest BCUT2D eigenvalue weighted by molar-refractivity contribution is 0.869. The van der Waals surface area contributed by atoms with Crippen LogP contribution in [0.3, 0.4) is 0 Å². The number of anilines is 1. The van der Waals surface area contributed by atoms with Gasteiger partial charge in [-0.05, 0) is 87.1 Å². The highest BCUT2D eigenvalue weighted by Gasteiger charge is 2.12. The van der Waals surface area contributed by atoms with Crippen LogP contribution in [-0.4, -0.2) is 19.8 Å². The number of hydrogen-bond donors (Lipinski definition) is 1. The molecule has 0 spiro atoms. The van der Waals surface area contributed by atoms with Gasteiger partial charge in [-0.15, -0.1) is 15.3 Å². The van der Waals surface area contributed by atoms with Crippen molar-refractivity contribution in [3.8, 4) is 0 Å². The second-order valence-corrected chi connectivity index (χ2v) is 6.19. The molecule has 120 valence electrons. The summed E-state index contributed by atoms with van der Waals surface area (Å²) < 4.78 is 1.76. The summed E-state index contributed by atoms with van der Waals surface area (Å²) in [7, 11) is 0. The van der Waals surface area contributed by atoms with Crippen molar-refractivity contribution in [2.45, 2.75) is 48.1 Å². The highest BCUT2D eigenvalue weighted by atomic mass is 15.4. The van der Waals surface area contributed by atoms with Crippen molar-refractivity contribution in [2.75, 3.05) is 5.32 Å². The molecule has 0 fully saturated rings. The smallest absolute Gasteiger partial charge is 0.178 e. The highest BCUT2D eigenvalue weighted by molar-refractivity contribution is 5.51. The van der Waals surface area contributed by atoms with Gasteiger partial charge in [-0.3, -0.25) is 0 Å². The van der Waals surface area contributed by atoms with Crippen molar-refractivity contribution < 1.29 is 0 Å². The van der Waals surface area contributed by atoms with Gasteiger partial charge in [-0.2, -0.15) is 4.52 Å². The Bertz CT molecular complexity index is 863. The third kappa shape index (κ3) is 2.56. The number of rotatable bonds is 3. The first-order chi connectivity index (χ1) is 10.9. The fourth-order valence-electron chi connectivity index (χ4n) is 3.01. The molecule has 0 bridgehead atoms. The van der Waals surface area contributed by atoms with Gasteiger partial charge in [0.15, 0.2) is 11.5 Å². The molecule has 0 aliphatic heterocycles. The number of fused-ring (bicyclic) bond motifs is 1. The van der Waals surface area contributed by atoms with Crippen molar-refractivity contribution in [1.82, 2.24) is 19.8 Å². The van der Waals surface area contributed by atoms with E-state index in [1.807, 2.05) is 19.1 Å². The summed E-state index contributed by atoms with van der Waals surface area (Å²) in [5, 5.41) is 16.1. The van der Waals surface area contributed by atoms with Crippen molar-refractivity contribution >= 4 is 11.5 Å². The van der Waals surface area contributed by atoms with Crippen LogP contribution in [0.25, 0.3) is 5.65 Å². The van der Waals surface area contributed by atoms with E-state index < -0.39 is 0 Å². The average molecular weight is 309 g/mol. The summed E-state index contributed by atoms with van der Waals surface area (Å²) in [4.78, 5) is 0. The molecule has 3 aromatic rings. The number of benzene rings is 1. The first kappa shape index (κ1) is 15.5. The molecule has 3 rings (SSSR count). The zero-order valence-corrected chi connectivity index (χ0v) is 14.7. The minimum absolute atomic E-state index is 0.763. The first-order valence-electron chi connectivity index (χ1n) is 7.89. The maximum absolute atomic E-state index is 4.55. The van der Waals surface area contributed by atoms with Crippen molar-refractivity contribution in [2.24, 2.45) is 0 Å². The molecule has 1 N–H and O–H groups in total. The van der Waals surface area contributed by atoms with Crippen LogP contribution in [0.5, 0.6) is 0 Å². The fourth-order valence-corrected chi connectivity index (χ4v) is 3.01. The summed E-state index contributed by atoms with van der Waals surface area (Å²) in [5.41, 5.74) is 8.99. The lowest BCUT2D eigenvalue weighted by atomic mass is 9.89. The van der Waals surface area contributed by atoms with Gasteiger partial charge < -0.3 is 5.32 Å². The molecule has 0 amide bonds. The monoisotopic (exact) mass is 309 g/mol. The summed E-state index contributed by atoms with van der Waals surface area (Å²) in [6.07, 6.45) is 0. The topological polar surface area (TPSA) is 55.1 Å². The highest BCUT2D eigenvalue weighted by Crippen LogP contribution is 2.26. The molecule has 0 aliphatic carbocycles. The summed E-state index contributed by atoms with van der Waals surface area (Å²) in [5.74, 6) is 1.62. The van der Waals surface area contributed by atoms with Crippen LogP contribution in [0.4, 0.5) is 5.82 Å². The van der Waals surface area contributed by atoms with Gasteiger partial charge in [0.2, 0.25) is 0 Å². The molecule has 0 aliphatic rings. The molecule has 0 atom stereocenters. The second kappa shape index (κ2) is 5.65. The van der Waals surface area contributed by atoms with Crippen LogP contribution in [0.15, 0.2) is 12.1 Å². The van der Waals surface area contributed by atoms with E-state index in [-0.39, 0.29) is 0 Å². The van der Waals surface area contributed by atoms with E-state index in [9.17, 15) is 0 Å². The Morgan fingerprint density at radius 1 is 0.826 bits per heavy atom. The van der Waals surface area contributed by atoms with Crippen LogP contribution in [0.1, 0.15) is 39.2 Å². The van der Waals surface area contributed by atoms with E-state index in [2.05, 4.69) is 55.2 Å². The van der Waals surface area contributed by atoms with E-state index in [1.165, 1.54) is 33.4 Å². The summed E-state index contributed by atoms with van der Waals surface area (Å²) >= 11 is 0. The largest absolute Gasteiger partial charge is 0.365 e. The quantitative estimate of drug-likeness (QED) is 0.803. The van der Waals surface area contributed by atoms with E-state index >= 15 is 0 Å². The Kier molecular flexibility index (Phi) is 3.80. The van der Waals surface area contributed by atoms with E-state index in [0.29, 0.717) is 0 Å². The van der Waals surface area contributed by atoms with Crippen molar-refractivity contribution in [3.63, 3.8) is 0 Å². The lowest BCUT2D eigenvalue weighted by Crippen LogP contribution is -2.10. The van der Waals surface area contributed by atoms with Crippen molar-refractivity contribution in [1.29, 1.82) is 0 Å². The lowest BCUT2D eigenvalue weighted by Gasteiger charge is -2.19. The number of nitrogens with zero attached hydrogens (tertiary/aromatic N) is 4. The third-order valence-corrected chi connectivity index (χ3v) is 5.02. The third-order valence-electron chi connectivity index (χ3n) is 5.02. The van der Waals surface area contributed by atoms with Gasteiger partial charge in [0.05, 0.1) is 0 Å². The Morgan fingerprint density at radius 2 is 1.43 bits per heavy atom. The van der Waals surface area contributed by atoms with Crippen LogP contribution >= 0.6 is 0 Å². The minimum Gasteiger partial charge on any atom is -0.365 e. The summed E-state index contributed by atoms with van der Waals surface area (Å²) in [6, 6.07) is 3.88. The normalized spacial score (nSPS) is 11.2. The molecular formula is C18H23N5. The zero-order valence-electron chi connectivity index (χ0n) is 14.7. The Hall–Kier alpha value is -2.43. The SMILES string of the molecule is Cc1c(C)c(C)c(CNc2ccc3nnc(C)n3n2)c(C)c1C. The number of aryl methyl sites for hydroxylation is 1. The second-order valence-electron chi connectivity index (χ2n) is 6.19. The maximum Gasteiger partial charge on any atom is 0.178 e. The predicted molar refractivity (Wildman–Crippen MR) is 93.0 cm³/mol. The van der Waals surface area contributed by atoms with Crippen LogP contribution in [-0.2, 0) is 6.54 Å². The molecule has 0 unspecified atom stereocenters. The van der Waals surface area contributed by atoms with E-state index in [0.717, 1.165) is 23.8 Å². The molecular weight excluding hydrogens is 286 g/mol. The number of hydrogen-bond acceptors (Lipinski definition) is 4. The van der Waals surface area contributed by atoms with Gasteiger partial charge in [0.25, 0.3) is 0 Å². The molecule has 2 aromatic heterocycles. The number of nitrogens with one attached hydrogen (secondary N) is 1. The van der Waals surface area contributed by atoms with Crippen LogP contribution in [0.2, 0.25) is 0 Å². The van der Waals surface area contributed by atoms with Gasteiger partial charge in [0.1, 0.15) is 5.82 Å². The first-order valence-corrected chi connectivity index (χ1v) is 7.89. The Labute approximate surface area is 136 Å². The molecule has 2 heterocycles. The predicted octanol–water partition coefficient (Wildman–Crippen LogP) is 3.59. The van der Waals surface area contributed by atoms with Crippen LogP contribution in [0, 0.1) is 41.5 Å². The molecule has 0 saturated heterocycles. The molecule has 1 aromatic carbocycles. The molecule has 23 heavy (non-hydrogen) atoms. The number of aromatic nitrogens is 4. The van der Waals surface area contributed by atoms with E-state index in [4.69, 9.17) is 0 Å². The fraction of sp³-hybridized carbons (Fsp3) is 0.389. The molecule has 0 radical (unpaired) electrons. The average Bonchev–Trinajstić information content (AvgIpc) is 2.92. The Morgan fingerprint density at radius 3 is 2.09 bits per heavy atom. The molecule has 5 nitrogen and oxygen atoms in total. The van der Waals surface area contributed by atoms with Gasteiger partial charge in [0, 0.05) is 6.54 Å². The van der Waals surface area contributed by atoms with Gasteiger partial charge in [-0.1, -0.05) is 0 Å². The minimum atomic E-state index is 0.763. The van der Waals surface area contributed by atoms with E-state index in [1.54, 1.807) is 4.52 Å². The van der Waals surface area contributed by atoms with Crippen LogP contribution < -0.4 is 5.32 Å². The Balaban J connectivity index is 1.92. The van der Waals surface area contributed by atoms with Gasteiger partial charge >= 0.3 is 0 Å². The maximum atomic E-state index is 4.55. The molecule has 5 heteroatoms.